The summed E-state index contributed by atoms with van der Waals surface area (Å²) in [5.74, 6) is 0. The zero-order valence-electron chi connectivity index (χ0n) is 27.9. The average molecular weight is 700 g/mol. The fraction of sp³-hybridized carbons (Fsp3) is 0. The Morgan fingerprint density at radius 2 is 1.00 bits per heavy atom. The fourth-order valence-corrected chi connectivity index (χ4v) is 10.1. The van der Waals surface area contributed by atoms with Crippen LogP contribution >= 0.6 is 22.7 Å². The Kier molecular flexibility index (Phi) is 6.63. The molecule has 0 aliphatic rings. The summed E-state index contributed by atoms with van der Waals surface area (Å²) in [6.45, 7) is 0. The fourth-order valence-electron chi connectivity index (χ4n) is 7.90. The minimum Gasteiger partial charge on any atom is -0.456 e. The van der Waals surface area contributed by atoms with Gasteiger partial charge in [0.2, 0.25) is 0 Å². The lowest BCUT2D eigenvalue weighted by atomic mass is 9.98. The predicted molar refractivity (Wildman–Crippen MR) is 225 cm³/mol. The molecule has 0 amide bonds. The zero-order valence-corrected chi connectivity index (χ0v) is 29.5. The lowest BCUT2D eigenvalue weighted by Gasteiger charge is -2.28. The van der Waals surface area contributed by atoms with Gasteiger partial charge < -0.3 is 9.32 Å². The van der Waals surface area contributed by atoms with Crippen molar-refractivity contribution in [2.45, 2.75) is 0 Å². The molecule has 52 heavy (non-hydrogen) atoms. The zero-order chi connectivity index (χ0) is 34.2. The molecule has 2 nitrogen and oxygen atoms in total. The lowest BCUT2D eigenvalue weighted by Crippen LogP contribution is -2.11. The molecule has 0 bridgehead atoms. The monoisotopic (exact) mass is 699 g/mol. The van der Waals surface area contributed by atoms with E-state index in [1.54, 1.807) is 0 Å². The molecule has 0 unspecified atom stereocenters. The summed E-state index contributed by atoms with van der Waals surface area (Å²) >= 11 is 3.71. The number of thiophene rings is 2. The predicted octanol–water partition coefficient (Wildman–Crippen LogP) is 15.1. The van der Waals surface area contributed by atoms with Crippen molar-refractivity contribution in [1.29, 1.82) is 0 Å². The summed E-state index contributed by atoms with van der Waals surface area (Å²) in [4.78, 5) is 2.44. The Labute approximate surface area is 308 Å². The van der Waals surface area contributed by atoms with Gasteiger partial charge in [-0.3, -0.25) is 0 Å². The molecule has 0 N–H and O–H groups in total. The van der Waals surface area contributed by atoms with Crippen molar-refractivity contribution < 1.29 is 4.42 Å². The summed E-state index contributed by atoms with van der Waals surface area (Å²) in [5, 5.41) is 7.40. The van der Waals surface area contributed by atoms with Crippen molar-refractivity contribution >= 4 is 102 Å². The quantitative estimate of drug-likeness (QED) is 0.178. The van der Waals surface area contributed by atoms with Crippen LogP contribution in [0.25, 0.3) is 84.5 Å². The first-order chi connectivity index (χ1) is 25.8. The molecule has 11 rings (SSSR count). The molecule has 0 saturated heterocycles. The normalized spacial score (nSPS) is 11.8. The van der Waals surface area contributed by atoms with E-state index in [1.165, 1.54) is 57.0 Å². The third-order valence-corrected chi connectivity index (χ3v) is 12.6. The highest BCUT2D eigenvalue weighted by Gasteiger charge is 2.21. The highest BCUT2D eigenvalue weighted by Crippen LogP contribution is 2.47. The first-order valence-electron chi connectivity index (χ1n) is 17.5. The molecule has 4 heteroatoms. The molecule has 0 fully saturated rings. The van der Waals surface area contributed by atoms with Gasteiger partial charge in [0.05, 0.1) is 5.69 Å². The number of hydrogen-bond acceptors (Lipinski definition) is 4. The van der Waals surface area contributed by atoms with E-state index in [-0.39, 0.29) is 0 Å². The molecule has 3 aromatic heterocycles. The summed E-state index contributed by atoms with van der Waals surface area (Å²) in [5.41, 5.74) is 9.98. The Balaban J connectivity index is 1.15. The number of anilines is 3. The van der Waals surface area contributed by atoms with Gasteiger partial charge in [-0.05, 0) is 89.5 Å². The Hall–Kier alpha value is -6.20. The summed E-state index contributed by atoms with van der Waals surface area (Å²) in [6, 6.07) is 63.8. The number of para-hydroxylation sites is 2. The van der Waals surface area contributed by atoms with Gasteiger partial charge in [-0.2, -0.15) is 0 Å². The minimum absolute atomic E-state index is 0.913. The van der Waals surface area contributed by atoms with Gasteiger partial charge in [0.15, 0.2) is 0 Å². The van der Waals surface area contributed by atoms with Gasteiger partial charge in [0.25, 0.3) is 0 Å². The van der Waals surface area contributed by atoms with Crippen LogP contribution in [-0.2, 0) is 0 Å². The smallest absolute Gasteiger partial charge is 0.136 e. The molecule has 244 valence electrons. The van der Waals surface area contributed by atoms with E-state index in [1.807, 2.05) is 34.8 Å². The van der Waals surface area contributed by atoms with Crippen LogP contribution in [0.4, 0.5) is 17.1 Å². The highest BCUT2D eigenvalue weighted by molar-refractivity contribution is 7.26. The Bertz CT molecular complexity index is 3150. The third-order valence-electron chi connectivity index (χ3n) is 10.3. The van der Waals surface area contributed by atoms with Crippen LogP contribution in [-0.4, -0.2) is 0 Å². The molecule has 0 aliphatic heterocycles. The van der Waals surface area contributed by atoms with Gasteiger partial charge in [-0.15, -0.1) is 22.7 Å². The first-order valence-corrected chi connectivity index (χ1v) is 19.1. The van der Waals surface area contributed by atoms with Crippen molar-refractivity contribution in [2.24, 2.45) is 0 Å². The second-order valence-corrected chi connectivity index (χ2v) is 15.4. The summed E-state index contributed by atoms with van der Waals surface area (Å²) in [6.07, 6.45) is 0. The molecule has 0 spiro atoms. The number of hydrogen-bond donors (Lipinski definition) is 0. The number of rotatable bonds is 5. The van der Waals surface area contributed by atoms with Crippen molar-refractivity contribution in [2.75, 3.05) is 4.90 Å². The van der Waals surface area contributed by atoms with Crippen molar-refractivity contribution in [3.8, 4) is 22.3 Å². The Morgan fingerprint density at radius 1 is 0.365 bits per heavy atom. The highest BCUT2D eigenvalue weighted by atomic mass is 32.1. The summed E-state index contributed by atoms with van der Waals surface area (Å²) in [7, 11) is 0. The van der Waals surface area contributed by atoms with E-state index in [9.17, 15) is 0 Å². The maximum Gasteiger partial charge on any atom is 0.136 e. The number of nitrogens with zero attached hydrogens (tertiary/aromatic N) is 1. The third kappa shape index (κ3) is 4.62. The van der Waals surface area contributed by atoms with Crippen LogP contribution in [0, 0.1) is 0 Å². The standard InChI is InChI=1S/C48H29NOS2/c1-2-11-30(12-3-1)34-13-4-7-17-41(34)49(32-22-25-45-39(28-32)38-15-6-9-19-44(38)51-45)33-23-26-46-40(29-33)48-35(16-10-20-47(48)52-46)31-21-24-37-36-14-5-8-18-42(36)50-43(37)27-31/h1-29H. The van der Waals surface area contributed by atoms with Crippen LogP contribution < -0.4 is 4.90 Å². The van der Waals surface area contributed by atoms with Gasteiger partial charge >= 0.3 is 0 Å². The van der Waals surface area contributed by atoms with Crippen molar-refractivity contribution in [3.05, 3.63) is 176 Å². The van der Waals surface area contributed by atoms with Crippen LogP contribution in [0.15, 0.2) is 180 Å². The van der Waals surface area contributed by atoms with Gasteiger partial charge in [0.1, 0.15) is 11.2 Å². The molecule has 0 atom stereocenters. The largest absolute Gasteiger partial charge is 0.456 e. The molecule has 0 saturated carbocycles. The molecular formula is C48H29NOS2. The van der Waals surface area contributed by atoms with Gasteiger partial charge in [-0.1, -0.05) is 103 Å². The molecule has 0 radical (unpaired) electrons. The van der Waals surface area contributed by atoms with E-state index in [0.29, 0.717) is 0 Å². The van der Waals surface area contributed by atoms with E-state index < -0.39 is 0 Å². The summed E-state index contributed by atoms with van der Waals surface area (Å²) < 4.78 is 11.5. The second-order valence-electron chi connectivity index (χ2n) is 13.3. The van der Waals surface area contributed by atoms with Gasteiger partial charge in [0, 0.05) is 68.1 Å². The second kappa shape index (κ2) is 11.7. The SMILES string of the molecule is c1ccc(-c2ccccc2N(c2ccc3sc4ccccc4c3c2)c2ccc3sc4cccc(-c5ccc6c(c5)oc5ccccc56)c4c3c2)cc1. The average Bonchev–Trinajstić information content (AvgIpc) is 3.89. The van der Waals surface area contributed by atoms with Crippen LogP contribution in [0.3, 0.4) is 0 Å². The van der Waals surface area contributed by atoms with E-state index in [0.717, 1.165) is 44.6 Å². The Morgan fingerprint density at radius 3 is 1.88 bits per heavy atom. The van der Waals surface area contributed by atoms with Crippen LogP contribution in [0.5, 0.6) is 0 Å². The van der Waals surface area contributed by atoms with Crippen LogP contribution in [0.2, 0.25) is 0 Å². The molecular weight excluding hydrogens is 671 g/mol. The topological polar surface area (TPSA) is 16.4 Å². The molecule has 3 heterocycles. The minimum atomic E-state index is 0.913. The van der Waals surface area contributed by atoms with E-state index >= 15 is 0 Å². The van der Waals surface area contributed by atoms with Crippen LogP contribution in [0.1, 0.15) is 0 Å². The maximum absolute atomic E-state index is 6.34. The van der Waals surface area contributed by atoms with Crippen molar-refractivity contribution in [3.63, 3.8) is 0 Å². The van der Waals surface area contributed by atoms with Gasteiger partial charge in [-0.25, -0.2) is 0 Å². The number of fused-ring (bicyclic) bond motifs is 9. The molecule has 11 aromatic rings. The first kappa shape index (κ1) is 29.5. The van der Waals surface area contributed by atoms with Crippen molar-refractivity contribution in [1.82, 2.24) is 0 Å². The number of benzene rings is 8. The van der Waals surface area contributed by atoms with E-state index in [4.69, 9.17) is 4.42 Å². The lowest BCUT2D eigenvalue weighted by molar-refractivity contribution is 0.669. The number of furan rings is 1. The molecule has 0 aliphatic carbocycles. The maximum atomic E-state index is 6.34. The molecule has 8 aromatic carbocycles. The van der Waals surface area contributed by atoms with E-state index in [2.05, 4.69) is 169 Å².